The van der Waals surface area contributed by atoms with E-state index in [0.29, 0.717) is 5.92 Å². The van der Waals surface area contributed by atoms with Crippen molar-refractivity contribution < 1.29 is 4.42 Å². The summed E-state index contributed by atoms with van der Waals surface area (Å²) >= 11 is 0. The summed E-state index contributed by atoms with van der Waals surface area (Å²) in [6.45, 7) is 2.22. The number of para-hydroxylation sites is 2. The summed E-state index contributed by atoms with van der Waals surface area (Å²) in [6, 6.07) is 52.3. The first kappa shape index (κ1) is 27.5. The smallest absolute Gasteiger partial charge is 0.143 e. The highest BCUT2D eigenvalue weighted by molar-refractivity contribution is 6.23. The van der Waals surface area contributed by atoms with E-state index in [2.05, 4.69) is 170 Å². The van der Waals surface area contributed by atoms with Crippen LogP contribution in [0.25, 0.3) is 54.6 Å². The number of fused-ring (bicyclic) bond motifs is 7. The van der Waals surface area contributed by atoms with Crippen molar-refractivity contribution in [2.75, 3.05) is 4.90 Å². The molecule has 7 aromatic carbocycles. The van der Waals surface area contributed by atoms with Gasteiger partial charge in [-0.15, -0.1) is 0 Å². The Bertz CT molecular complexity index is 2500. The predicted octanol–water partition coefficient (Wildman–Crippen LogP) is 12.6. The Kier molecular flexibility index (Phi) is 6.53. The monoisotopic (exact) mass is 603 g/mol. The highest BCUT2D eigenvalue weighted by Gasteiger charge is 2.19. The van der Waals surface area contributed by atoms with Crippen LogP contribution in [0.5, 0.6) is 0 Å². The van der Waals surface area contributed by atoms with E-state index in [-0.39, 0.29) is 0 Å². The van der Waals surface area contributed by atoms with Crippen molar-refractivity contribution in [3.63, 3.8) is 0 Å². The lowest BCUT2D eigenvalue weighted by Gasteiger charge is -2.29. The third kappa shape index (κ3) is 4.73. The lowest BCUT2D eigenvalue weighted by molar-refractivity contribution is 0.673. The van der Waals surface area contributed by atoms with Crippen molar-refractivity contribution in [3.8, 4) is 11.1 Å². The first-order valence-corrected chi connectivity index (χ1v) is 16.4. The van der Waals surface area contributed by atoms with Crippen LogP contribution in [0.3, 0.4) is 0 Å². The fraction of sp³-hybridized carbons (Fsp3) is 0.0667. The van der Waals surface area contributed by atoms with Gasteiger partial charge in [0.05, 0.1) is 0 Å². The van der Waals surface area contributed by atoms with E-state index in [0.717, 1.165) is 39.7 Å². The van der Waals surface area contributed by atoms with E-state index < -0.39 is 0 Å². The van der Waals surface area contributed by atoms with Gasteiger partial charge in [0.2, 0.25) is 0 Å². The Hall–Kier alpha value is -5.86. The predicted molar refractivity (Wildman–Crippen MR) is 199 cm³/mol. The van der Waals surface area contributed by atoms with Crippen LogP contribution in [0.2, 0.25) is 0 Å². The molecule has 9 rings (SSSR count). The number of furan rings is 1. The third-order valence-corrected chi connectivity index (χ3v) is 9.70. The molecule has 0 N–H and O–H groups in total. The molecule has 0 amide bonds. The Balaban J connectivity index is 1.10. The molecule has 2 nitrogen and oxygen atoms in total. The second-order valence-electron chi connectivity index (χ2n) is 12.6. The van der Waals surface area contributed by atoms with Gasteiger partial charge in [-0.05, 0) is 100 Å². The molecule has 0 bridgehead atoms. The van der Waals surface area contributed by atoms with E-state index in [1.807, 2.05) is 6.07 Å². The van der Waals surface area contributed by atoms with E-state index in [9.17, 15) is 0 Å². The molecule has 2 heteroatoms. The molecule has 224 valence electrons. The molecule has 0 saturated heterocycles. The van der Waals surface area contributed by atoms with Gasteiger partial charge < -0.3 is 9.32 Å². The number of allylic oxidation sites excluding steroid dienone is 3. The molecule has 0 saturated carbocycles. The SMILES string of the molecule is Cc1cc(N(C2=CCC(c3ccccc3)C=C2)c2ccccc2)ccc1-c1ccc2c(ccc3ccc4c5ccccc5oc4c32)c1. The van der Waals surface area contributed by atoms with Gasteiger partial charge in [0.1, 0.15) is 11.2 Å². The lowest BCUT2D eigenvalue weighted by Crippen LogP contribution is -2.17. The topological polar surface area (TPSA) is 16.4 Å². The summed E-state index contributed by atoms with van der Waals surface area (Å²) in [5.41, 5.74) is 10.5. The van der Waals surface area contributed by atoms with Gasteiger partial charge in [0.25, 0.3) is 0 Å². The standard InChI is InChI=1S/C45H33NO/c1-30-28-38(46(36-12-6-3-7-13-36)37-22-18-32(19-23-37)31-10-4-2-5-11-31)24-27-39(30)34-21-25-40-35(29-34)17-16-33-20-26-42-41-14-8-9-15-43(41)47-45(42)44(33)40/h2-18,20-29,32H,19H2,1H3. The second kappa shape index (κ2) is 11.2. The van der Waals surface area contributed by atoms with E-state index >= 15 is 0 Å². The summed E-state index contributed by atoms with van der Waals surface area (Å²) in [5.74, 6) is 0.398. The fourth-order valence-electron chi connectivity index (χ4n) is 7.35. The van der Waals surface area contributed by atoms with Crippen LogP contribution in [0.4, 0.5) is 11.4 Å². The van der Waals surface area contributed by atoms with Crippen molar-refractivity contribution in [1.82, 2.24) is 0 Å². The first-order chi connectivity index (χ1) is 23.2. The minimum absolute atomic E-state index is 0.398. The van der Waals surface area contributed by atoms with Crippen molar-refractivity contribution in [3.05, 3.63) is 181 Å². The number of benzene rings is 7. The van der Waals surface area contributed by atoms with Crippen molar-refractivity contribution in [1.29, 1.82) is 0 Å². The molecule has 1 aliphatic carbocycles. The molecule has 1 aliphatic rings. The number of nitrogens with zero attached hydrogens (tertiary/aromatic N) is 1. The highest BCUT2D eigenvalue weighted by Crippen LogP contribution is 2.40. The zero-order valence-corrected chi connectivity index (χ0v) is 26.2. The third-order valence-electron chi connectivity index (χ3n) is 9.70. The van der Waals surface area contributed by atoms with Crippen LogP contribution >= 0.6 is 0 Å². The quantitative estimate of drug-likeness (QED) is 0.182. The average molecular weight is 604 g/mol. The summed E-state index contributed by atoms with van der Waals surface area (Å²) in [5, 5.41) is 7.12. The second-order valence-corrected chi connectivity index (χ2v) is 12.6. The van der Waals surface area contributed by atoms with Gasteiger partial charge in [0.15, 0.2) is 0 Å². The van der Waals surface area contributed by atoms with Crippen LogP contribution in [0, 0.1) is 6.92 Å². The van der Waals surface area contributed by atoms with Crippen LogP contribution in [0.1, 0.15) is 23.5 Å². The fourth-order valence-corrected chi connectivity index (χ4v) is 7.35. The molecule has 0 spiro atoms. The van der Waals surface area contributed by atoms with Crippen LogP contribution in [-0.2, 0) is 0 Å². The summed E-state index contributed by atoms with van der Waals surface area (Å²) in [4.78, 5) is 2.37. The molecule has 0 radical (unpaired) electrons. The summed E-state index contributed by atoms with van der Waals surface area (Å²) < 4.78 is 6.44. The minimum atomic E-state index is 0.398. The van der Waals surface area contributed by atoms with Gasteiger partial charge >= 0.3 is 0 Å². The average Bonchev–Trinajstić information content (AvgIpc) is 3.52. The molecule has 1 heterocycles. The van der Waals surface area contributed by atoms with E-state index in [1.54, 1.807) is 0 Å². The molecule has 1 unspecified atom stereocenters. The Morgan fingerprint density at radius 2 is 1.36 bits per heavy atom. The van der Waals surface area contributed by atoms with Gasteiger partial charge in [-0.2, -0.15) is 0 Å². The number of aryl methyl sites for hydroxylation is 1. The zero-order valence-electron chi connectivity index (χ0n) is 26.2. The minimum Gasteiger partial charge on any atom is -0.455 e. The van der Waals surface area contributed by atoms with Crippen molar-refractivity contribution in [2.45, 2.75) is 19.3 Å². The van der Waals surface area contributed by atoms with Crippen molar-refractivity contribution in [2.24, 2.45) is 0 Å². The van der Waals surface area contributed by atoms with Gasteiger partial charge in [0, 0.05) is 39.1 Å². The molecule has 47 heavy (non-hydrogen) atoms. The van der Waals surface area contributed by atoms with Crippen molar-refractivity contribution >= 4 is 54.9 Å². The number of anilines is 2. The molecular weight excluding hydrogens is 571 g/mol. The van der Waals surface area contributed by atoms with E-state index in [1.165, 1.54) is 49.5 Å². The molecule has 0 fully saturated rings. The number of hydrogen-bond donors (Lipinski definition) is 0. The van der Waals surface area contributed by atoms with Gasteiger partial charge in [-0.25, -0.2) is 0 Å². The lowest BCUT2D eigenvalue weighted by atomic mass is 9.91. The summed E-state index contributed by atoms with van der Waals surface area (Å²) in [7, 11) is 0. The summed E-state index contributed by atoms with van der Waals surface area (Å²) in [6.07, 6.45) is 7.98. The molecule has 0 aliphatic heterocycles. The Labute approximate surface area is 274 Å². The molecular formula is C45H33NO. The maximum Gasteiger partial charge on any atom is 0.143 e. The number of rotatable bonds is 5. The molecule has 8 aromatic rings. The van der Waals surface area contributed by atoms with Crippen LogP contribution < -0.4 is 4.90 Å². The molecule has 1 aromatic heterocycles. The Morgan fingerprint density at radius 3 is 2.17 bits per heavy atom. The van der Waals surface area contributed by atoms with E-state index in [4.69, 9.17) is 4.42 Å². The molecule has 1 atom stereocenters. The number of hydrogen-bond acceptors (Lipinski definition) is 2. The van der Waals surface area contributed by atoms with Crippen LogP contribution in [-0.4, -0.2) is 0 Å². The zero-order chi connectivity index (χ0) is 31.3. The maximum absolute atomic E-state index is 6.44. The maximum atomic E-state index is 6.44. The largest absolute Gasteiger partial charge is 0.455 e. The van der Waals surface area contributed by atoms with Gasteiger partial charge in [-0.3, -0.25) is 0 Å². The Morgan fingerprint density at radius 1 is 0.617 bits per heavy atom. The van der Waals surface area contributed by atoms with Crippen LogP contribution in [0.15, 0.2) is 174 Å². The first-order valence-electron chi connectivity index (χ1n) is 16.4. The highest BCUT2D eigenvalue weighted by atomic mass is 16.3. The van der Waals surface area contributed by atoms with Gasteiger partial charge in [-0.1, -0.05) is 115 Å². The normalized spacial score (nSPS) is 14.7.